The molecule has 5 nitrogen and oxygen atoms in total. The number of hydrogen-bond donors (Lipinski definition) is 2. The summed E-state index contributed by atoms with van der Waals surface area (Å²) in [4.78, 5) is 10.1. The zero-order valence-electron chi connectivity index (χ0n) is 11.0. The number of nitrogens with zero attached hydrogens (tertiary/aromatic N) is 3. The fourth-order valence-corrected chi connectivity index (χ4v) is 3.52. The SMILES string of the molecule is NNc1ncc(F)c(N2CCCC2C2CCCC2)n1. The van der Waals surface area contributed by atoms with Crippen molar-refractivity contribution in [2.24, 2.45) is 11.8 Å². The summed E-state index contributed by atoms with van der Waals surface area (Å²) in [7, 11) is 0. The molecule has 2 fully saturated rings. The van der Waals surface area contributed by atoms with Crippen molar-refractivity contribution in [3.63, 3.8) is 0 Å². The van der Waals surface area contributed by atoms with E-state index in [4.69, 9.17) is 5.84 Å². The fraction of sp³-hybridized carbons (Fsp3) is 0.692. The molecule has 2 heterocycles. The summed E-state index contributed by atoms with van der Waals surface area (Å²) < 4.78 is 14.0. The van der Waals surface area contributed by atoms with Gasteiger partial charge < -0.3 is 4.90 Å². The molecule has 0 radical (unpaired) electrons. The second-order valence-electron chi connectivity index (χ2n) is 5.46. The summed E-state index contributed by atoms with van der Waals surface area (Å²) in [6.07, 6.45) is 8.57. The first-order valence-electron chi connectivity index (χ1n) is 7.05. The van der Waals surface area contributed by atoms with E-state index >= 15 is 0 Å². The lowest BCUT2D eigenvalue weighted by molar-refractivity contribution is 0.425. The maximum Gasteiger partial charge on any atom is 0.239 e. The molecule has 2 aliphatic rings. The van der Waals surface area contributed by atoms with Crippen LogP contribution >= 0.6 is 0 Å². The fourth-order valence-electron chi connectivity index (χ4n) is 3.52. The minimum Gasteiger partial charge on any atom is -0.351 e. The zero-order chi connectivity index (χ0) is 13.2. The summed E-state index contributed by atoms with van der Waals surface area (Å²) >= 11 is 0. The summed E-state index contributed by atoms with van der Waals surface area (Å²) in [6, 6.07) is 0.428. The molecule has 1 aromatic rings. The predicted molar refractivity (Wildman–Crippen MR) is 72.1 cm³/mol. The van der Waals surface area contributed by atoms with E-state index in [2.05, 4.69) is 20.3 Å². The van der Waals surface area contributed by atoms with Crippen LogP contribution < -0.4 is 16.2 Å². The second kappa shape index (κ2) is 5.28. The summed E-state index contributed by atoms with van der Waals surface area (Å²) in [6.45, 7) is 0.874. The topological polar surface area (TPSA) is 67.1 Å². The molecule has 0 spiro atoms. The molecule has 0 amide bonds. The van der Waals surface area contributed by atoms with Gasteiger partial charge in [0.1, 0.15) is 0 Å². The number of nitrogen functional groups attached to an aromatic ring is 1. The Labute approximate surface area is 112 Å². The highest BCUT2D eigenvalue weighted by Gasteiger charge is 2.35. The lowest BCUT2D eigenvalue weighted by Gasteiger charge is -2.30. The van der Waals surface area contributed by atoms with Crippen LogP contribution in [0.2, 0.25) is 0 Å². The maximum atomic E-state index is 14.0. The van der Waals surface area contributed by atoms with Gasteiger partial charge in [-0.15, -0.1) is 0 Å². The molecule has 1 saturated heterocycles. The van der Waals surface area contributed by atoms with Crippen LogP contribution in [-0.2, 0) is 0 Å². The van der Waals surface area contributed by atoms with E-state index in [1.54, 1.807) is 0 Å². The highest BCUT2D eigenvalue weighted by molar-refractivity contribution is 5.45. The largest absolute Gasteiger partial charge is 0.351 e. The van der Waals surface area contributed by atoms with Crippen molar-refractivity contribution in [3.05, 3.63) is 12.0 Å². The minimum atomic E-state index is -0.358. The van der Waals surface area contributed by atoms with Crippen LogP contribution in [0.15, 0.2) is 6.20 Å². The average molecular weight is 265 g/mol. The van der Waals surface area contributed by atoms with Crippen LogP contribution in [-0.4, -0.2) is 22.6 Å². The molecule has 0 aromatic carbocycles. The molecule has 0 bridgehead atoms. The Morgan fingerprint density at radius 2 is 2.05 bits per heavy atom. The van der Waals surface area contributed by atoms with E-state index in [-0.39, 0.29) is 11.8 Å². The van der Waals surface area contributed by atoms with Crippen LogP contribution in [0.1, 0.15) is 38.5 Å². The normalized spacial score (nSPS) is 24.1. The number of halogens is 1. The highest BCUT2D eigenvalue weighted by atomic mass is 19.1. The van der Waals surface area contributed by atoms with Crippen LogP contribution in [0.4, 0.5) is 16.2 Å². The van der Waals surface area contributed by atoms with Gasteiger partial charge in [0.15, 0.2) is 11.6 Å². The molecule has 3 N–H and O–H groups in total. The van der Waals surface area contributed by atoms with Crippen LogP contribution in [0.3, 0.4) is 0 Å². The van der Waals surface area contributed by atoms with E-state index in [0.29, 0.717) is 17.8 Å². The van der Waals surface area contributed by atoms with Gasteiger partial charge in [-0.1, -0.05) is 12.8 Å². The second-order valence-corrected chi connectivity index (χ2v) is 5.46. The van der Waals surface area contributed by atoms with Crippen LogP contribution in [0.5, 0.6) is 0 Å². The van der Waals surface area contributed by atoms with E-state index in [1.165, 1.54) is 31.9 Å². The van der Waals surface area contributed by atoms with Crippen molar-refractivity contribution in [3.8, 4) is 0 Å². The molecule has 1 aromatic heterocycles. The number of anilines is 2. The monoisotopic (exact) mass is 265 g/mol. The van der Waals surface area contributed by atoms with Crippen molar-refractivity contribution in [2.45, 2.75) is 44.6 Å². The first-order valence-corrected chi connectivity index (χ1v) is 7.05. The Morgan fingerprint density at radius 1 is 1.26 bits per heavy atom. The third kappa shape index (κ3) is 2.36. The van der Waals surface area contributed by atoms with Gasteiger partial charge >= 0.3 is 0 Å². The average Bonchev–Trinajstić information content (AvgIpc) is 3.09. The predicted octanol–water partition coefficient (Wildman–Crippen LogP) is 2.06. The summed E-state index contributed by atoms with van der Waals surface area (Å²) in [5.74, 6) is 6.31. The van der Waals surface area contributed by atoms with E-state index < -0.39 is 0 Å². The van der Waals surface area contributed by atoms with Gasteiger partial charge in [0, 0.05) is 12.6 Å². The van der Waals surface area contributed by atoms with Gasteiger partial charge in [0.05, 0.1) is 6.20 Å². The van der Waals surface area contributed by atoms with E-state index in [9.17, 15) is 4.39 Å². The molecule has 3 rings (SSSR count). The third-order valence-corrected chi connectivity index (χ3v) is 4.37. The number of nitrogens with two attached hydrogens (primary N) is 1. The molecule has 6 heteroatoms. The van der Waals surface area contributed by atoms with Gasteiger partial charge in [-0.25, -0.2) is 15.2 Å². The molecular formula is C13H20FN5. The molecule has 1 saturated carbocycles. The van der Waals surface area contributed by atoms with Crippen LogP contribution in [0, 0.1) is 11.7 Å². The maximum absolute atomic E-state index is 14.0. The number of rotatable bonds is 3. The number of aromatic nitrogens is 2. The van der Waals surface area contributed by atoms with Crippen molar-refractivity contribution < 1.29 is 4.39 Å². The highest BCUT2D eigenvalue weighted by Crippen LogP contribution is 2.37. The lowest BCUT2D eigenvalue weighted by atomic mass is 9.96. The molecule has 19 heavy (non-hydrogen) atoms. The zero-order valence-corrected chi connectivity index (χ0v) is 11.0. The van der Waals surface area contributed by atoms with Gasteiger partial charge in [-0.3, -0.25) is 5.43 Å². The molecule has 1 aliphatic carbocycles. The first-order chi connectivity index (χ1) is 9.29. The molecular weight excluding hydrogens is 245 g/mol. The Morgan fingerprint density at radius 3 is 2.79 bits per heavy atom. The standard InChI is InChI=1S/C13H20FN5/c14-10-8-16-13(18-15)17-12(10)19-7-3-6-11(19)9-4-1-2-5-9/h8-9,11H,1-7,15H2,(H,16,17,18). The van der Waals surface area contributed by atoms with Crippen molar-refractivity contribution in [1.29, 1.82) is 0 Å². The summed E-state index contributed by atoms with van der Waals surface area (Å²) in [5.41, 5.74) is 2.39. The van der Waals surface area contributed by atoms with Crippen LogP contribution in [0.25, 0.3) is 0 Å². The Kier molecular flexibility index (Phi) is 3.50. The van der Waals surface area contributed by atoms with Crippen molar-refractivity contribution in [2.75, 3.05) is 16.9 Å². The Hall–Kier alpha value is -1.43. The quantitative estimate of drug-likeness (QED) is 0.647. The molecule has 1 atom stereocenters. The molecule has 1 aliphatic heterocycles. The van der Waals surface area contributed by atoms with Crippen molar-refractivity contribution in [1.82, 2.24) is 9.97 Å². The Bertz CT molecular complexity index is 447. The number of nitrogens with one attached hydrogen (secondary N) is 1. The van der Waals surface area contributed by atoms with Crippen molar-refractivity contribution >= 4 is 11.8 Å². The van der Waals surface area contributed by atoms with E-state index in [1.807, 2.05) is 0 Å². The van der Waals surface area contributed by atoms with Gasteiger partial charge in [-0.05, 0) is 31.6 Å². The smallest absolute Gasteiger partial charge is 0.239 e. The number of hydrazine groups is 1. The van der Waals surface area contributed by atoms with Gasteiger partial charge in [-0.2, -0.15) is 4.98 Å². The number of hydrogen-bond acceptors (Lipinski definition) is 5. The first kappa shape index (κ1) is 12.6. The van der Waals surface area contributed by atoms with Gasteiger partial charge in [0.25, 0.3) is 0 Å². The lowest BCUT2D eigenvalue weighted by Crippen LogP contribution is -2.36. The van der Waals surface area contributed by atoms with E-state index in [0.717, 1.165) is 19.4 Å². The minimum absolute atomic E-state index is 0.272. The molecule has 1 unspecified atom stereocenters. The third-order valence-electron chi connectivity index (χ3n) is 4.37. The summed E-state index contributed by atoms with van der Waals surface area (Å²) in [5, 5.41) is 0. The van der Waals surface area contributed by atoms with Gasteiger partial charge in [0.2, 0.25) is 5.95 Å². The Balaban J connectivity index is 1.87. The molecule has 104 valence electrons.